The van der Waals surface area contributed by atoms with E-state index in [4.69, 9.17) is 15.9 Å². The molecule has 7 N–H and O–H groups in total. The molecule has 4 atom stereocenters. The molecule has 0 aromatic rings. The summed E-state index contributed by atoms with van der Waals surface area (Å²) in [4.78, 5) is 82.8. The molecule has 0 heterocycles. The number of nitrogens with two attached hydrogens (primary N) is 1. The van der Waals surface area contributed by atoms with E-state index in [-0.39, 0.29) is 43.0 Å². The van der Waals surface area contributed by atoms with Crippen molar-refractivity contribution in [3.63, 3.8) is 0 Å². The number of carbonyl (C=O) groups excluding carboxylic acids is 4. The van der Waals surface area contributed by atoms with E-state index < -0.39 is 66.0 Å². The van der Waals surface area contributed by atoms with Crippen molar-refractivity contribution >= 4 is 53.1 Å². The number of aliphatic carboxylic acids is 3. The number of ketones is 2. The Kier molecular flexibility index (Phi) is 18.4. The van der Waals surface area contributed by atoms with Gasteiger partial charge in [0, 0.05) is 43.1 Å². The van der Waals surface area contributed by atoms with Crippen LogP contribution in [0.3, 0.4) is 0 Å². The Labute approximate surface area is 232 Å². The summed E-state index contributed by atoms with van der Waals surface area (Å²) >= 11 is 1.01. The highest BCUT2D eigenvalue weighted by Crippen LogP contribution is 2.17. The number of rotatable bonds is 23. The van der Waals surface area contributed by atoms with Crippen LogP contribution in [0.5, 0.6) is 0 Å². The molecular formula is C25H41N3O10S. The van der Waals surface area contributed by atoms with Gasteiger partial charge < -0.3 is 31.7 Å². The predicted molar refractivity (Wildman–Crippen MR) is 143 cm³/mol. The van der Waals surface area contributed by atoms with E-state index in [0.29, 0.717) is 6.42 Å². The van der Waals surface area contributed by atoms with E-state index in [1.165, 1.54) is 6.92 Å². The van der Waals surface area contributed by atoms with Gasteiger partial charge >= 0.3 is 17.9 Å². The van der Waals surface area contributed by atoms with Gasteiger partial charge in [0.25, 0.3) is 0 Å². The van der Waals surface area contributed by atoms with Crippen molar-refractivity contribution in [1.29, 1.82) is 0 Å². The van der Waals surface area contributed by atoms with Crippen LogP contribution in [-0.2, 0) is 33.6 Å². The van der Waals surface area contributed by atoms with Gasteiger partial charge in [0.1, 0.15) is 30.2 Å². The molecule has 0 unspecified atom stereocenters. The van der Waals surface area contributed by atoms with E-state index in [2.05, 4.69) is 17.6 Å². The molecule has 0 fully saturated rings. The average Bonchev–Trinajstić information content (AvgIpc) is 2.86. The number of carboxylic acid groups (broad SMARTS) is 3. The Hall–Kier alpha value is -3.00. The van der Waals surface area contributed by atoms with Crippen molar-refractivity contribution in [3.05, 3.63) is 0 Å². The highest BCUT2D eigenvalue weighted by atomic mass is 32.2. The summed E-state index contributed by atoms with van der Waals surface area (Å²) < 4.78 is 0. The molecule has 0 saturated carbocycles. The van der Waals surface area contributed by atoms with Gasteiger partial charge in [-0.3, -0.25) is 28.8 Å². The minimum Gasteiger partial charge on any atom is -0.480 e. The largest absolute Gasteiger partial charge is 0.480 e. The van der Waals surface area contributed by atoms with Crippen LogP contribution in [0, 0.1) is 11.8 Å². The fourth-order valence-corrected chi connectivity index (χ4v) is 4.57. The molecule has 0 radical (unpaired) electrons. The number of carboxylic acids is 3. The standard InChI is InChI=1S/C25H41N3O10S/c1-3-4-5-6-7-17(29)10-15(2)22(33)28-20(25(37)38)9-8-18(30)11-16(23(34)27-12-21(31)32)13-39-14-19(26)24(35)36/h15-16,19-20H,3-14,26H2,1-2H3,(H,27,34)(H,28,33)(H,31,32)(H,35,36)(H,37,38)/t15-,16-,19+,20-/m1/s1. The number of carbonyl (C=O) groups is 7. The van der Waals surface area contributed by atoms with Crippen molar-refractivity contribution in [1.82, 2.24) is 10.6 Å². The molecule has 0 aliphatic heterocycles. The smallest absolute Gasteiger partial charge is 0.326 e. The third-order valence-electron chi connectivity index (χ3n) is 5.81. The lowest BCUT2D eigenvalue weighted by Gasteiger charge is -2.19. The lowest BCUT2D eigenvalue weighted by molar-refractivity contribution is -0.143. The summed E-state index contributed by atoms with van der Waals surface area (Å²) in [7, 11) is 0. The first-order valence-corrected chi connectivity index (χ1v) is 14.1. The van der Waals surface area contributed by atoms with E-state index in [9.17, 15) is 38.7 Å². The fraction of sp³-hybridized carbons (Fsp3) is 0.720. The molecule has 0 bridgehead atoms. The highest BCUT2D eigenvalue weighted by molar-refractivity contribution is 7.99. The molecule has 2 amide bonds. The number of unbranched alkanes of at least 4 members (excludes halogenated alkanes) is 3. The van der Waals surface area contributed by atoms with Crippen LogP contribution in [0.15, 0.2) is 0 Å². The zero-order valence-corrected chi connectivity index (χ0v) is 23.3. The van der Waals surface area contributed by atoms with Gasteiger partial charge in [0.15, 0.2) is 0 Å². The SMILES string of the molecule is CCCCCCC(=O)C[C@@H](C)C(=O)N[C@H](CCC(=O)C[C@H](CSC[C@H](N)C(=O)O)C(=O)NCC(=O)O)C(=O)O. The van der Waals surface area contributed by atoms with Crippen LogP contribution in [0.4, 0.5) is 0 Å². The zero-order valence-electron chi connectivity index (χ0n) is 22.5. The van der Waals surface area contributed by atoms with Gasteiger partial charge in [0.05, 0.1) is 5.92 Å². The van der Waals surface area contributed by atoms with Crippen LogP contribution in [0.25, 0.3) is 0 Å². The van der Waals surface area contributed by atoms with Crippen molar-refractivity contribution in [2.24, 2.45) is 17.6 Å². The number of hydrogen-bond donors (Lipinski definition) is 6. The Morgan fingerprint density at radius 3 is 2.03 bits per heavy atom. The van der Waals surface area contributed by atoms with Gasteiger partial charge in [-0.05, 0) is 12.8 Å². The second kappa shape index (κ2) is 20.0. The lowest BCUT2D eigenvalue weighted by Crippen LogP contribution is -2.43. The molecule has 0 aromatic carbocycles. The first-order chi connectivity index (χ1) is 18.3. The maximum Gasteiger partial charge on any atom is 0.326 e. The quantitative estimate of drug-likeness (QED) is 0.0930. The van der Waals surface area contributed by atoms with E-state index >= 15 is 0 Å². The zero-order chi connectivity index (χ0) is 30.0. The molecule has 0 spiro atoms. The van der Waals surface area contributed by atoms with Crippen LogP contribution < -0.4 is 16.4 Å². The van der Waals surface area contributed by atoms with Crippen LogP contribution in [0.1, 0.15) is 71.6 Å². The van der Waals surface area contributed by atoms with Gasteiger partial charge in [-0.1, -0.05) is 33.1 Å². The van der Waals surface area contributed by atoms with Gasteiger partial charge in [-0.2, -0.15) is 11.8 Å². The maximum absolute atomic E-state index is 12.6. The Morgan fingerprint density at radius 1 is 0.821 bits per heavy atom. The minimum absolute atomic E-state index is 0.0126. The third kappa shape index (κ3) is 17.3. The van der Waals surface area contributed by atoms with Crippen molar-refractivity contribution in [2.45, 2.75) is 83.7 Å². The molecule has 0 aliphatic carbocycles. The summed E-state index contributed by atoms with van der Waals surface area (Å²) in [5.74, 6) is -7.59. The van der Waals surface area contributed by atoms with Crippen molar-refractivity contribution in [2.75, 3.05) is 18.1 Å². The molecule has 39 heavy (non-hydrogen) atoms. The first kappa shape index (κ1) is 36.0. The summed E-state index contributed by atoms with van der Waals surface area (Å²) in [5.41, 5.74) is 5.43. The normalized spacial score (nSPS) is 13.9. The molecule has 13 nitrogen and oxygen atoms in total. The summed E-state index contributed by atoms with van der Waals surface area (Å²) in [5, 5.41) is 31.7. The molecule has 0 aromatic heterocycles. The maximum atomic E-state index is 12.6. The molecule has 0 rings (SSSR count). The minimum atomic E-state index is -1.38. The van der Waals surface area contributed by atoms with Crippen molar-refractivity contribution < 1.29 is 48.9 Å². The van der Waals surface area contributed by atoms with Crippen LogP contribution in [0.2, 0.25) is 0 Å². The van der Waals surface area contributed by atoms with E-state index in [1.54, 1.807) is 0 Å². The number of Topliss-reactive ketones (excluding diaryl/α,β-unsaturated/α-hetero) is 2. The summed E-state index contributed by atoms with van der Waals surface area (Å²) in [6, 6.07) is -2.57. The van der Waals surface area contributed by atoms with Crippen LogP contribution >= 0.6 is 11.8 Å². The third-order valence-corrected chi connectivity index (χ3v) is 7.04. The second-order valence-electron chi connectivity index (χ2n) is 9.43. The predicted octanol–water partition coefficient (Wildman–Crippen LogP) is 0.823. The number of hydrogen-bond acceptors (Lipinski definition) is 9. The monoisotopic (exact) mass is 575 g/mol. The summed E-state index contributed by atoms with van der Waals surface area (Å²) in [6.45, 7) is 2.91. The molecule has 222 valence electrons. The Morgan fingerprint density at radius 2 is 1.46 bits per heavy atom. The average molecular weight is 576 g/mol. The van der Waals surface area contributed by atoms with Gasteiger partial charge in [-0.25, -0.2) is 4.79 Å². The Balaban J connectivity index is 4.94. The highest BCUT2D eigenvalue weighted by Gasteiger charge is 2.27. The number of amides is 2. The molecular weight excluding hydrogens is 534 g/mol. The molecule has 0 aliphatic rings. The van der Waals surface area contributed by atoms with E-state index in [0.717, 1.165) is 37.4 Å². The lowest BCUT2D eigenvalue weighted by atomic mass is 9.97. The fourth-order valence-electron chi connectivity index (χ4n) is 3.48. The second-order valence-corrected chi connectivity index (χ2v) is 10.5. The topological polar surface area (TPSA) is 230 Å². The molecule has 14 heteroatoms. The molecule has 0 saturated heterocycles. The van der Waals surface area contributed by atoms with Gasteiger partial charge in [0.2, 0.25) is 11.8 Å². The Bertz CT molecular complexity index is 867. The summed E-state index contributed by atoms with van der Waals surface area (Å²) in [6.07, 6.45) is 3.18. The first-order valence-electron chi connectivity index (χ1n) is 12.9. The van der Waals surface area contributed by atoms with E-state index in [1.807, 2.05) is 0 Å². The van der Waals surface area contributed by atoms with Crippen LogP contribution in [-0.4, -0.2) is 86.7 Å². The van der Waals surface area contributed by atoms with Crippen molar-refractivity contribution in [3.8, 4) is 0 Å². The number of nitrogens with one attached hydrogen (secondary N) is 2. The number of thioether (sulfide) groups is 1. The van der Waals surface area contributed by atoms with Gasteiger partial charge in [-0.15, -0.1) is 0 Å².